The summed E-state index contributed by atoms with van der Waals surface area (Å²) in [6.07, 6.45) is -5.97. The van der Waals surface area contributed by atoms with Gasteiger partial charge in [0.25, 0.3) is 0 Å². The van der Waals surface area contributed by atoms with Gasteiger partial charge in [-0.25, -0.2) is 0 Å². The largest absolute Gasteiger partial charge is 0.394 e. The van der Waals surface area contributed by atoms with Crippen LogP contribution in [-0.4, -0.2) is 139 Å². The second-order valence-corrected chi connectivity index (χ2v) is 15.8. The predicted molar refractivity (Wildman–Crippen MR) is 155 cm³/mol. The van der Waals surface area contributed by atoms with Gasteiger partial charge in [0.2, 0.25) is 0 Å². The van der Waals surface area contributed by atoms with Gasteiger partial charge in [-0.3, -0.25) is 0 Å². The summed E-state index contributed by atoms with van der Waals surface area (Å²) in [5.74, 6) is 0.925. The Morgan fingerprint density at radius 1 is 0.711 bits per heavy atom. The van der Waals surface area contributed by atoms with E-state index in [1.54, 1.807) is 0 Å². The van der Waals surface area contributed by atoms with E-state index in [-0.39, 0.29) is 35.4 Å². The summed E-state index contributed by atoms with van der Waals surface area (Å²) in [6, 6.07) is 0. The molecule has 2 bridgehead atoms. The van der Waals surface area contributed by atoms with Crippen LogP contribution in [0.4, 0.5) is 0 Å². The van der Waals surface area contributed by atoms with Crippen LogP contribution in [0.1, 0.15) is 71.6 Å². The lowest BCUT2D eigenvalue weighted by Crippen LogP contribution is -2.62. The van der Waals surface area contributed by atoms with Gasteiger partial charge >= 0.3 is 0 Å². The Labute approximate surface area is 264 Å². The molecule has 0 aromatic carbocycles. The highest BCUT2D eigenvalue weighted by Crippen LogP contribution is 2.72. The molecular weight excluding hydrogens is 592 g/mol. The lowest BCUT2D eigenvalue weighted by Gasteiger charge is -2.64. The van der Waals surface area contributed by atoms with Crippen LogP contribution in [0.15, 0.2) is 0 Å². The molecule has 6 fully saturated rings. The van der Waals surface area contributed by atoms with Gasteiger partial charge in [-0.2, -0.15) is 0 Å². The molecule has 45 heavy (non-hydrogen) atoms. The van der Waals surface area contributed by atoms with Crippen LogP contribution in [-0.2, 0) is 18.9 Å². The van der Waals surface area contributed by atoms with Gasteiger partial charge in [-0.15, -0.1) is 0 Å². The van der Waals surface area contributed by atoms with Gasteiger partial charge in [0, 0.05) is 0 Å². The van der Waals surface area contributed by atoms with Gasteiger partial charge in [0.05, 0.1) is 32.0 Å². The molecule has 6 rings (SSSR count). The first-order chi connectivity index (χ1) is 21.2. The van der Waals surface area contributed by atoms with Crippen molar-refractivity contribution >= 4 is 0 Å². The molecular formula is C32H54O13. The molecule has 2 saturated heterocycles. The molecule has 1 spiro atoms. The van der Waals surface area contributed by atoms with E-state index in [9.17, 15) is 46.0 Å². The molecule has 260 valence electrons. The lowest BCUT2D eigenvalue weighted by atomic mass is 9.41. The van der Waals surface area contributed by atoms with Crippen molar-refractivity contribution in [3.8, 4) is 0 Å². The first-order valence-corrected chi connectivity index (χ1v) is 16.8. The maximum Gasteiger partial charge on any atom is 0.186 e. The van der Waals surface area contributed by atoms with E-state index in [2.05, 4.69) is 13.8 Å². The van der Waals surface area contributed by atoms with E-state index in [1.165, 1.54) is 0 Å². The molecule has 0 aromatic heterocycles. The Balaban J connectivity index is 1.11. The number of aliphatic hydroxyl groups is 9. The fourth-order valence-electron chi connectivity index (χ4n) is 11.0. The molecule has 13 heteroatoms. The summed E-state index contributed by atoms with van der Waals surface area (Å²) in [6.45, 7) is 3.67. The SMILES string of the molecule is C[C@]1(CO[C@@H]2O[C@H](CO[C@@H]3O[C@H](CO)[C@@H](O)[C@H](O)[C@H]3O)[C@@H](O)[C@H](O)[C@H]2O)CCC[C@]2(C)[C@@H]1CC[C@@]13C[C@@H](CC[C@H]12)[C@@](O)(CO)C3. The monoisotopic (exact) mass is 646 g/mol. The minimum atomic E-state index is -1.64. The van der Waals surface area contributed by atoms with Crippen molar-refractivity contribution in [2.75, 3.05) is 26.4 Å². The Kier molecular flexibility index (Phi) is 9.48. The molecule has 0 aromatic rings. The van der Waals surface area contributed by atoms with Gasteiger partial charge < -0.3 is 64.9 Å². The van der Waals surface area contributed by atoms with Crippen LogP contribution in [0.3, 0.4) is 0 Å². The van der Waals surface area contributed by atoms with Crippen LogP contribution in [0.5, 0.6) is 0 Å². The van der Waals surface area contributed by atoms with Crippen molar-refractivity contribution in [1.82, 2.24) is 0 Å². The minimum Gasteiger partial charge on any atom is -0.394 e. The Hall–Kier alpha value is -0.520. The van der Waals surface area contributed by atoms with Crippen molar-refractivity contribution in [1.29, 1.82) is 0 Å². The van der Waals surface area contributed by atoms with Crippen LogP contribution in [0.2, 0.25) is 0 Å². The molecule has 17 atom stereocenters. The summed E-state index contributed by atoms with van der Waals surface area (Å²) >= 11 is 0. The lowest BCUT2D eigenvalue weighted by molar-refractivity contribution is -0.335. The minimum absolute atomic E-state index is 0.0316. The number of rotatable bonds is 8. The van der Waals surface area contributed by atoms with Crippen LogP contribution >= 0.6 is 0 Å². The van der Waals surface area contributed by atoms with E-state index >= 15 is 0 Å². The second kappa shape index (κ2) is 12.4. The fraction of sp³-hybridized carbons (Fsp3) is 1.00. The molecule has 9 N–H and O–H groups in total. The second-order valence-electron chi connectivity index (χ2n) is 15.8. The molecule has 0 radical (unpaired) electrons. The van der Waals surface area contributed by atoms with E-state index in [0.29, 0.717) is 18.3 Å². The quantitative estimate of drug-likeness (QED) is 0.151. The number of ether oxygens (including phenoxy) is 4. The van der Waals surface area contributed by atoms with Crippen LogP contribution in [0.25, 0.3) is 0 Å². The third kappa shape index (κ3) is 5.61. The number of hydrogen-bond acceptors (Lipinski definition) is 13. The zero-order valence-corrected chi connectivity index (χ0v) is 26.4. The maximum absolute atomic E-state index is 11.3. The van der Waals surface area contributed by atoms with E-state index in [1.807, 2.05) is 0 Å². The summed E-state index contributed by atoms with van der Waals surface area (Å²) < 4.78 is 23.1. The van der Waals surface area contributed by atoms with Gasteiger partial charge in [0.1, 0.15) is 48.8 Å². The first kappa shape index (κ1) is 34.3. The highest BCUT2D eigenvalue weighted by atomic mass is 16.7. The highest BCUT2D eigenvalue weighted by Gasteiger charge is 2.67. The molecule has 13 nitrogen and oxygen atoms in total. The Morgan fingerprint density at radius 3 is 2.02 bits per heavy atom. The molecule has 0 amide bonds. The summed E-state index contributed by atoms with van der Waals surface area (Å²) in [4.78, 5) is 0. The third-order valence-electron chi connectivity index (χ3n) is 13.2. The normalized spacial score (nSPS) is 56.5. The van der Waals surface area contributed by atoms with Crippen LogP contribution in [0, 0.1) is 34.0 Å². The van der Waals surface area contributed by atoms with Crippen molar-refractivity contribution in [2.24, 2.45) is 34.0 Å². The van der Waals surface area contributed by atoms with Gasteiger partial charge in [0.15, 0.2) is 12.6 Å². The highest BCUT2D eigenvalue weighted by molar-refractivity contribution is 5.17. The predicted octanol–water partition coefficient (Wildman–Crippen LogP) is -1.24. The molecule has 4 saturated carbocycles. The molecule has 0 unspecified atom stereocenters. The zero-order chi connectivity index (χ0) is 32.5. The van der Waals surface area contributed by atoms with Crippen molar-refractivity contribution < 1.29 is 64.9 Å². The summed E-state index contributed by atoms with van der Waals surface area (Å²) in [7, 11) is 0. The molecule has 2 aliphatic heterocycles. The van der Waals surface area contributed by atoms with Gasteiger partial charge in [-0.05, 0) is 85.4 Å². The van der Waals surface area contributed by atoms with E-state index in [0.717, 1.165) is 51.4 Å². The van der Waals surface area contributed by atoms with Crippen molar-refractivity contribution in [3.05, 3.63) is 0 Å². The van der Waals surface area contributed by atoms with Gasteiger partial charge in [-0.1, -0.05) is 20.3 Å². The average molecular weight is 647 g/mol. The summed E-state index contributed by atoms with van der Waals surface area (Å²) in [5, 5.41) is 93.3. The first-order valence-electron chi connectivity index (χ1n) is 16.8. The smallest absolute Gasteiger partial charge is 0.186 e. The standard InChI is InChI=1S/C32H54O13/c1-29(7-3-8-30(2)19(29)6-9-31-10-16(4-5-20(30)31)32(41,13-31)14-34)15-43-28-26(40)24(38)22(36)18(45-28)12-42-27-25(39)23(37)21(35)17(11-33)44-27/h16-28,33-41H,3-15H2,1-2H3/t16-,17-,18-,19-,20+,21-,22-,23+,24+,25-,26-,27-,28-,29-,30-,31+,32+/m1/s1. The molecule has 4 aliphatic carbocycles. The van der Waals surface area contributed by atoms with E-state index in [4.69, 9.17) is 18.9 Å². The molecule has 6 aliphatic rings. The number of aliphatic hydroxyl groups excluding tert-OH is 8. The summed E-state index contributed by atoms with van der Waals surface area (Å²) in [5.41, 5.74) is -1.16. The van der Waals surface area contributed by atoms with E-state index < -0.39 is 80.2 Å². The van der Waals surface area contributed by atoms with Crippen molar-refractivity contribution in [3.63, 3.8) is 0 Å². The Bertz CT molecular complexity index is 1050. The van der Waals surface area contributed by atoms with Crippen molar-refractivity contribution in [2.45, 2.75) is 139 Å². The fourth-order valence-corrected chi connectivity index (χ4v) is 11.0. The topological polar surface area (TPSA) is 219 Å². The third-order valence-corrected chi connectivity index (χ3v) is 13.2. The Morgan fingerprint density at radius 2 is 1.36 bits per heavy atom. The molecule has 2 heterocycles. The van der Waals surface area contributed by atoms with Crippen LogP contribution < -0.4 is 0 Å². The average Bonchev–Trinajstić information content (AvgIpc) is 3.22. The number of fused-ring (bicyclic) bond motifs is 3. The zero-order valence-electron chi connectivity index (χ0n) is 26.4. The maximum atomic E-state index is 11.3. The number of hydrogen-bond donors (Lipinski definition) is 9.